The third-order valence-corrected chi connectivity index (χ3v) is 18.3. The van der Waals surface area contributed by atoms with Crippen LogP contribution in [0.5, 0.6) is 0 Å². The summed E-state index contributed by atoms with van der Waals surface area (Å²) in [7, 11) is -2.90. The van der Waals surface area contributed by atoms with Gasteiger partial charge in [0, 0.05) is 38.9 Å². The minimum absolute atomic E-state index is 0.521. The van der Waals surface area contributed by atoms with Crippen LogP contribution in [-0.2, 0) is 0 Å². The topological polar surface area (TPSA) is 69.6 Å². The average molecular weight is 900 g/mol. The van der Waals surface area contributed by atoms with Gasteiger partial charge in [0.15, 0.2) is 25.3 Å². The predicted octanol–water partition coefficient (Wildman–Crippen LogP) is 12.3. The molecule has 4 aromatic heterocycles. The summed E-state index contributed by atoms with van der Waals surface area (Å²) in [6, 6.07) is 84.5. The monoisotopic (exact) mass is 899 g/mol. The summed E-state index contributed by atoms with van der Waals surface area (Å²) in [5, 5.41) is 9.22. The number of hydrogen-bond donors (Lipinski definition) is 0. The Hall–Kier alpha value is -9.04. The highest BCUT2D eigenvalue weighted by Crippen LogP contribution is 2.40. The zero-order valence-corrected chi connectivity index (χ0v) is 38.3. The zero-order chi connectivity index (χ0) is 45.7. The fourth-order valence-electron chi connectivity index (χ4n) is 10.5. The number of aromatic nitrogens is 5. The van der Waals surface area contributed by atoms with Gasteiger partial charge < -0.3 is 4.42 Å². The summed E-state index contributed by atoms with van der Waals surface area (Å²) >= 11 is 0. The van der Waals surface area contributed by atoms with Crippen molar-refractivity contribution in [2.45, 2.75) is 0 Å². The zero-order valence-electron chi connectivity index (χ0n) is 37.3. The highest BCUT2D eigenvalue weighted by molar-refractivity contribution is 7.19. The minimum Gasteiger partial charge on any atom is -0.454 e. The Bertz CT molecular complexity index is 3910. The first-order chi connectivity index (χ1) is 34.2. The van der Waals surface area contributed by atoms with Gasteiger partial charge in [-0.05, 0) is 67.3 Å². The molecule has 13 rings (SSSR count). The largest absolute Gasteiger partial charge is 0.454 e. The van der Waals surface area contributed by atoms with Crippen LogP contribution in [0.2, 0.25) is 0 Å². The molecule has 0 aliphatic carbocycles. The maximum Gasteiger partial charge on any atom is 0.238 e. The molecule has 0 fully saturated rings. The van der Waals surface area contributed by atoms with E-state index < -0.39 is 8.07 Å². The standard InChI is InChI=1S/C62H41N5OSi/c1-5-18-42(19-6-1)43-34-36-44(37-35-43)50-29-16-32-55-58(50)51-28-13-14-31-54(51)67(55)62-65-60(64-61(66-62)53-30-17-33-56-59(53)52-38-39-63-41-57(52)68-56)45-20-15-27-49(40-45)69(46-21-7-2-8-22-46,47-23-9-3-10-24-47)48-25-11-4-12-26-48/h1-41H. The van der Waals surface area contributed by atoms with E-state index in [0.29, 0.717) is 23.2 Å². The van der Waals surface area contributed by atoms with E-state index in [9.17, 15) is 0 Å². The number of rotatable bonds is 9. The van der Waals surface area contributed by atoms with Crippen molar-refractivity contribution in [3.8, 4) is 51.0 Å². The number of nitrogens with zero attached hydrogens (tertiary/aromatic N) is 5. The first-order valence-corrected chi connectivity index (χ1v) is 25.2. The van der Waals surface area contributed by atoms with Gasteiger partial charge in [-0.2, -0.15) is 9.97 Å². The molecule has 69 heavy (non-hydrogen) atoms. The second kappa shape index (κ2) is 16.7. The number of furan rings is 1. The van der Waals surface area contributed by atoms with Crippen LogP contribution in [0.4, 0.5) is 0 Å². The second-order valence-electron chi connectivity index (χ2n) is 17.4. The van der Waals surface area contributed by atoms with Crippen LogP contribution in [0.3, 0.4) is 0 Å². The molecule has 0 bridgehead atoms. The molecular weight excluding hydrogens is 859 g/mol. The van der Waals surface area contributed by atoms with Crippen LogP contribution in [0, 0.1) is 0 Å². The first kappa shape index (κ1) is 40.2. The Labute approximate surface area is 399 Å². The molecule has 7 heteroatoms. The van der Waals surface area contributed by atoms with Gasteiger partial charge in [0.2, 0.25) is 5.95 Å². The van der Waals surface area contributed by atoms with Crippen LogP contribution < -0.4 is 20.7 Å². The van der Waals surface area contributed by atoms with E-state index >= 15 is 0 Å². The average Bonchev–Trinajstić information content (AvgIpc) is 3.99. The Kier molecular flexibility index (Phi) is 9.73. The normalized spacial score (nSPS) is 11.8. The highest BCUT2D eigenvalue weighted by atomic mass is 28.3. The molecule has 0 aliphatic rings. The van der Waals surface area contributed by atoms with E-state index in [-0.39, 0.29) is 0 Å². The Balaban J connectivity index is 1.07. The number of benzene rings is 9. The quantitative estimate of drug-likeness (QED) is 0.107. The van der Waals surface area contributed by atoms with Crippen LogP contribution in [0.15, 0.2) is 253 Å². The number of para-hydroxylation sites is 1. The highest BCUT2D eigenvalue weighted by Gasteiger charge is 2.41. The van der Waals surface area contributed by atoms with Crippen LogP contribution in [-0.4, -0.2) is 32.6 Å². The minimum atomic E-state index is -2.90. The molecule has 9 aromatic carbocycles. The summed E-state index contributed by atoms with van der Waals surface area (Å²) < 4.78 is 8.59. The van der Waals surface area contributed by atoms with E-state index in [1.54, 1.807) is 12.4 Å². The van der Waals surface area contributed by atoms with Crippen molar-refractivity contribution in [3.05, 3.63) is 249 Å². The summed E-state index contributed by atoms with van der Waals surface area (Å²) in [4.78, 5) is 20.8. The van der Waals surface area contributed by atoms with Gasteiger partial charge in [-0.1, -0.05) is 212 Å². The van der Waals surface area contributed by atoms with Crippen molar-refractivity contribution in [2.75, 3.05) is 0 Å². The molecule has 324 valence electrons. The lowest BCUT2D eigenvalue weighted by atomic mass is 9.97. The third-order valence-electron chi connectivity index (χ3n) is 13.5. The summed E-state index contributed by atoms with van der Waals surface area (Å²) in [6.45, 7) is 0. The first-order valence-electron chi connectivity index (χ1n) is 23.2. The molecule has 0 saturated heterocycles. The van der Waals surface area contributed by atoms with Crippen molar-refractivity contribution in [1.82, 2.24) is 24.5 Å². The third kappa shape index (κ3) is 6.70. The molecule has 0 N–H and O–H groups in total. The molecule has 0 saturated carbocycles. The fourth-order valence-corrected chi connectivity index (χ4v) is 15.3. The molecule has 0 radical (unpaired) electrons. The molecule has 0 spiro atoms. The smallest absolute Gasteiger partial charge is 0.238 e. The number of fused-ring (bicyclic) bond motifs is 6. The molecule has 13 aromatic rings. The van der Waals surface area contributed by atoms with Crippen LogP contribution in [0.25, 0.3) is 94.7 Å². The van der Waals surface area contributed by atoms with Gasteiger partial charge in [0.05, 0.1) is 17.2 Å². The van der Waals surface area contributed by atoms with E-state index in [0.717, 1.165) is 60.4 Å². The van der Waals surface area contributed by atoms with E-state index in [1.165, 1.54) is 31.9 Å². The van der Waals surface area contributed by atoms with Gasteiger partial charge >= 0.3 is 0 Å². The summed E-state index contributed by atoms with van der Waals surface area (Å²) in [5.41, 5.74) is 9.82. The lowest BCUT2D eigenvalue weighted by molar-refractivity contribution is 0.667. The number of hydrogen-bond acceptors (Lipinski definition) is 5. The lowest BCUT2D eigenvalue weighted by Gasteiger charge is -2.34. The molecule has 0 amide bonds. The van der Waals surface area contributed by atoms with Gasteiger partial charge in [-0.25, -0.2) is 4.98 Å². The Morgan fingerprint density at radius 2 is 0.913 bits per heavy atom. The molecule has 0 aliphatic heterocycles. The van der Waals surface area contributed by atoms with E-state index in [2.05, 4.69) is 228 Å². The molecular formula is C62H41N5OSi. The van der Waals surface area contributed by atoms with Crippen molar-refractivity contribution in [1.29, 1.82) is 0 Å². The van der Waals surface area contributed by atoms with Crippen molar-refractivity contribution in [2.24, 2.45) is 0 Å². The van der Waals surface area contributed by atoms with E-state index in [1.807, 2.05) is 18.2 Å². The van der Waals surface area contributed by atoms with Gasteiger partial charge in [-0.3, -0.25) is 9.55 Å². The predicted molar refractivity (Wildman–Crippen MR) is 285 cm³/mol. The SMILES string of the molecule is c1ccc(-c2ccc(-c3cccc4c3c3ccccc3n4-c3nc(-c4cccc([Si](c5ccccc5)(c5ccccc5)c5ccccc5)c4)nc(-c4cccc5oc6cnccc6c45)n3)cc2)cc1. The van der Waals surface area contributed by atoms with E-state index in [4.69, 9.17) is 19.4 Å². The molecule has 0 unspecified atom stereocenters. The Morgan fingerprint density at radius 1 is 0.362 bits per heavy atom. The summed E-state index contributed by atoms with van der Waals surface area (Å²) in [6.07, 6.45) is 3.57. The second-order valence-corrected chi connectivity index (χ2v) is 21.2. The van der Waals surface area contributed by atoms with Crippen LogP contribution in [0.1, 0.15) is 0 Å². The van der Waals surface area contributed by atoms with Gasteiger partial charge in [0.25, 0.3) is 0 Å². The molecule has 4 heterocycles. The van der Waals surface area contributed by atoms with Crippen LogP contribution >= 0.6 is 0 Å². The lowest BCUT2D eigenvalue weighted by Crippen LogP contribution is -2.74. The van der Waals surface area contributed by atoms with Crippen molar-refractivity contribution < 1.29 is 4.42 Å². The van der Waals surface area contributed by atoms with Crippen molar-refractivity contribution >= 4 is 72.6 Å². The maximum atomic E-state index is 6.38. The Morgan fingerprint density at radius 3 is 1.64 bits per heavy atom. The molecule has 6 nitrogen and oxygen atoms in total. The molecule has 0 atom stereocenters. The number of pyridine rings is 1. The van der Waals surface area contributed by atoms with Gasteiger partial charge in [-0.15, -0.1) is 0 Å². The fraction of sp³-hybridized carbons (Fsp3) is 0. The summed E-state index contributed by atoms with van der Waals surface area (Å²) in [5.74, 6) is 1.63. The maximum absolute atomic E-state index is 6.38. The van der Waals surface area contributed by atoms with Gasteiger partial charge in [0.1, 0.15) is 5.58 Å². The van der Waals surface area contributed by atoms with Crippen molar-refractivity contribution in [3.63, 3.8) is 0 Å².